The summed E-state index contributed by atoms with van der Waals surface area (Å²) in [5.41, 5.74) is 8.44. The highest BCUT2D eigenvalue weighted by Crippen LogP contribution is 2.30. The first-order chi connectivity index (χ1) is 22.4. The molecule has 0 spiro atoms. The van der Waals surface area contributed by atoms with Crippen molar-refractivity contribution in [2.45, 2.75) is 91.5 Å². The fourth-order valence-corrected chi connectivity index (χ4v) is 5.61. The van der Waals surface area contributed by atoms with Crippen LogP contribution in [0.25, 0.3) is 21.9 Å². The molecule has 0 fully saturated rings. The van der Waals surface area contributed by atoms with Gasteiger partial charge in [0.15, 0.2) is 5.78 Å². The van der Waals surface area contributed by atoms with Gasteiger partial charge in [-0.15, -0.1) is 0 Å². The Hall–Kier alpha value is -4.00. The van der Waals surface area contributed by atoms with Crippen molar-refractivity contribution in [1.82, 2.24) is 24.8 Å². The van der Waals surface area contributed by atoms with Gasteiger partial charge in [0.25, 0.3) is 11.8 Å². The van der Waals surface area contributed by atoms with Crippen molar-refractivity contribution in [3.63, 3.8) is 0 Å². The van der Waals surface area contributed by atoms with E-state index < -0.39 is 11.6 Å². The van der Waals surface area contributed by atoms with Gasteiger partial charge in [-0.25, -0.2) is 9.97 Å². The number of ether oxygens (including phenoxy) is 2. The Morgan fingerprint density at radius 2 is 1.77 bits per heavy atom. The number of nitrogens with zero attached hydrogens (tertiary/aromatic N) is 4. The molecule has 0 radical (unpaired) electrons. The number of ketones is 1. The van der Waals surface area contributed by atoms with E-state index in [2.05, 4.69) is 9.88 Å². The number of imidazole rings is 1. The topological polar surface area (TPSA) is 159 Å². The Labute approximate surface area is 276 Å². The van der Waals surface area contributed by atoms with Gasteiger partial charge >= 0.3 is 0 Å². The van der Waals surface area contributed by atoms with Crippen molar-refractivity contribution in [1.29, 1.82) is 0 Å². The largest absolute Gasteiger partial charge is 0.374 e. The molecule has 3 aromatic rings. The van der Waals surface area contributed by atoms with Crippen LogP contribution in [0.4, 0.5) is 0 Å². The van der Waals surface area contributed by atoms with Crippen molar-refractivity contribution in [2.24, 2.45) is 11.7 Å². The maximum Gasteiger partial charge on any atom is 0.253 e. The average Bonchev–Trinajstić information content (AvgIpc) is 3.55. The molecule has 0 saturated carbocycles. The first-order valence-corrected chi connectivity index (χ1v) is 16.5. The molecule has 254 valence electrons. The van der Waals surface area contributed by atoms with Gasteiger partial charge in [0.05, 0.1) is 47.9 Å². The number of fused-ring (bicyclic) bond motifs is 3. The first-order valence-electron chi connectivity index (χ1n) is 16.5. The van der Waals surface area contributed by atoms with E-state index in [1.54, 1.807) is 0 Å². The third kappa shape index (κ3) is 9.30. The number of rotatable bonds is 19. The van der Waals surface area contributed by atoms with Gasteiger partial charge in [0, 0.05) is 43.7 Å². The van der Waals surface area contributed by atoms with Crippen LogP contribution in [-0.2, 0) is 48.2 Å². The smallest absolute Gasteiger partial charge is 0.253 e. The molecule has 3 heterocycles. The third-order valence-corrected chi connectivity index (χ3v) is 8.24. The summed E-state index contributed by atoms with van der Waals surface area (Å²) >= 11 is 0. The van der Waals surface area contributed by atoms with E-state index in [0.717, 1.165) is 22.8 Å². The van der Waals surface area contributed by atoms with Crippen LogP contribution in [0.2, 0.25) is 0 Å². The number of carbonyl (C=O) groups is 4. The monoisotopic (exact) mass is 648 g/mol. The van der Waals surface area contributed by atoms with Gasteiger partial charge < -0.3 is 25.1 Å². The van der Waals surface area contributed by atoms with Crippen molar-refractivity contribution in [3.8, 4) is 0 Å². The summed E-state index contributed by atoms with van der Waals surface area (Å²) < 4.78 is 14.2. The molecule has 12 nitrogen and oxygen atoms in total. The summed E-state index contributed by atoms with van der Waals surface area (Å²) in [6.07, 6.45) is 5.06. The Morgan fingerprint density at radius 3 is 2.47 bits per heavy atom. The standard InChI is InChI=1S/C35H48N6O6/c1-6-46-21-28-39-33-26(20-27(42)32(36)23(2)3)38-25-13-10-9-12-24(25)34(33)41(28)22-35(4,5)47-19-17-37-29(43)14-8-7-11-18-40-30(44)15-16-31(40)45/h9-10,12-13,15-16,23,32H,6-8,11,14,17-22,36H2,1-5H3,(H,37,43)/t32-/m0/s1. The minimum absolute atomic E-state index is 0.0101. The molecule has 4 rings (SSSR count). The van der Waals surface area contributed by atoms with E-state index >= 15 is 0 Å². The zero-order valence-corrected chi connectivity index (χ0v) is 28.2. The number of hydrogen-bond donors (Lipinski definition) is 2. The van der Waals surface area contributed by atoms with Crippen molar-refractivity contribution >= 4 is 45.4 Å². The molecule has 1 aliphatic heterocycles. The van der Waals surface area contributed by atoms with E-state index in [1.165, 1.54) is 17.1 Å². The van der Waals surface area contributed by atoms with Crippen LogP contribution in [0.1, 0.15) is 71.8 Å². The third-order valence-electron chi connectivity index (χ3n) is 8.24. The number of para-hydroxylation sites is 1. The van der Waals surface area contributed by atoms with Crippen LogP contribution >= 0.6 is 0 Å². The van der Waals surface area contributed by atoms with Gasteiger partial charge in [0.2, 0.25) is 5.91 Å². The number of amides is 3. The number of hydrogen-bond acceptors (Lipinski definition) is 9. The van der Waals surface area contributed by atoms with Gasteiger partial charge in [-0.3, -0.25) is 24.1 Å². The van der Waals surface area contributed by atoms with E-state index in [-0.39, 0.29) is 42.5 Å². The average molecular weight is 649 g/mol. The van der Waals surface area contributed by atoms with Crippen LogP contribution in [0.5, 0.6) is 0 Å². The molecule has 1 atom stereocenters. The summed E-state index contributed by atoms with van der Waals surface area (Å²) in [5.74, 6) is 0.00712. The number of nitrogens with two attached hydrogens (primary N) is 1. The number of imide groups is 1. The highest BCUT2D eigenvalue weighted by atomic mass is 16.5. The van der Waals surface area contributed by atoms with Gasteiger partial charge in [-0.1, -0.05) is 38.5 Å². The van der Waals surface area contributed by atoms with Crippen LogP contribution < -0.4 is 11.1 Å². The van der Waals surface area contributed by atoms with Gasteiger partial charge in [-0.2, -0.15) is 0 Å². The van der Waals surface area contributed by atoms with Crippen LogP contribution in [0.15, 0.2) is 36.4 Å². The minimum atomic E-state index is -0.640. The number of benzene rings is 1. The summed E-state index contributed by atoms with van der Waals surface area (Å²) in [4.78, 5) is 59.8. The molecule has 0 bridgehead atoms. The minimum Gasteiger partial charge on any atom is -0.374 e. The molecule has 2 aromatic heterocycles. The van der Waals surface area contributed by atoms with Crippen LogP contribution in [0.3, 0.4) is 0 Å². The number of aromatic nitrogens is 3. The van der Waals surface area contributed by atoms with Gasteiger partial charge in [-0.05, 0) is 45.6 Å². The fraction of sp³-hybridized carbons (Fsp3) is 0.543. The predicted octanol–water partition coefficient (Wildman–Crippen LogP) is 3.61. The molecule has 3 N–H and O–H groups in total. The highest BCUT2D eigenvalue weighted by Gasteiger charge is 2.27. The number of carbonyl (C=O) groups excluding carboxylic acids is 4. The van der Waals surface area contributed by atoms with Crippen LogP contribution in [0, 0.1) is 5.92 Å². The number of nitrogens with one attached hydrogen (secondary N) is 1. The fourth-order valence-electron chi connectivity index (χ4n) is 5.61. The molecule has 1 aliphatic rings. The molecule has 3 amide bonds. The lowest BCUT2D eigenvalue weighted by Crippen LogP contribution is -2.36. The second-order valence-corrected chi connectivity index (χ2v) is 12.9. The lowest BCUT2D eigenvalue weighted by molar-refractivity contribution is -0.137. The number of Topliss-reactive ketones (excluding diaryl/α,β-unsaturated/α-hetero) is 1. The lowest BCUT2D eigenvalue weighted by atomic mass is 9.97. The van der Waals surface area contributed by atoms with E-state index in [9.17, 15) is 19.2 Å². The lowest BCUT2D eigenvalue weighted by Gasteiger charge is -2.27. The van der Waals surface area contributed by atoms with Gasteiger partial charge in [0.1, 0.15) is 17.9 Å². The zero-order chi connectivity index (χ0) is 34.1. The Kier molecular flexibility index (Phi) is 12.4. The summed E-state index contributed by atoms with van der Waals surface area (Å²) in [7, 11) is 0. The van der Waals surface area contributed by atoms with Crippen LogP contribution in [-0.4, -0.2) is 80.9 Å². The highest BCUT2D eigenvalue weighted by molar-refractivity contribution is 6.12. The van der Waals surface area contributed by atoms with Crippen molar-refractivity contribution < 1.29 is 28.7 Å². The zero-order valence-electron chi connectivity index (χ0n) is 28.2. The number of pyridine rings is 1. The molecule has 12 heteroatoms. The maximum atomic E-state index is 13.1. The SMILES string of the molecule is CCOCc1nc2c(CC(=O)[C@@H](N)C(C)C)nc3ccccc3c2n1CC(C)(C)OCCNC(=O)CCCCCN1C(=O)C=CC1=O. The summed E-state index contributed by atoms with van der Waals surface area (Å²) in [6.45, 7) is 12.1. The van der Waals surface area contributed by atoms with E-state index in [0.29, 0.717) is 69.1 Å². The molecule has 0 saturated heterocycles. The van der Waals surface area contributed by atoms with Crippen molar-refractivity contribution in [2.75, 3.05) is 26.3 Å². The second-order valence-electron chi connectivity index (χ2n) is 12.9. The quantitative estimate of drug-likeness (QED) is 0.146. The molecule has 47 heavy (non-hydrogen) atoms. The second kappa shape index (κ2) is 16.2. The Bertz CT molecular complexity index is 1610. The maximum absolute atomic E-state index is 13.1. The van der Waals surface area contributed by atoms with Crippen molar-refractivity contribution in [3.05, 3.63) is 47.9 Å². The molecule has 1 aromatic carbocycles. The first kappa shape index (κ1) is 35.8. The normalized spacial score (nSPS) is 14.2. The Morgan fingerprint density at radius 1 is 1.04 bits per heavy atom. The number of unbranched alkanes of at least 4 members (excludes halogenated alkanes) is 2. The Balaban J connectivity index is 1.40. The molecular weight excluding hydrogens is 600 g/mol. The summed E-state index contributed by atoms with van der Waals surface area (Å²) in [5, 5.41) is 3.83. The molecule has 0 aliphatic carbocycles. The summed E-state index contributed by atoms with van der Waals surface area (Å²) in [6, 6.07) is 7.23. The predicted molar refractivity (Wildman–Crippen MR) is 179 cm³/mol. The van der Waals surface area contributed by atoms with E-state index in [4.69, 9.17) is 25.2 Å². The molecular formula is C35H48N6O6. The molecule has 0 unspecified atom stereocenters. The van der Waals surface area contributed by atoms with E-state index in [1.807, 2.05) is 58.9 Å².